The third kappa shape index (κ3) is 5.42. The first-order valence-corrected chi connectivity index (χ1v) is 12.3. The summed E-state index contributed by atoms with van der Waals surface area (Å²) in [4.78, 5) is 0. The van der Waals surface area contributed by atoms with E-state index >= 15 is 0 Å². The third-order valence-corrected chi connectivity index (χ3v) is 6.96. The van der Waals surface area contributed by atoms with Crippen molar-refractivity contribution in [3.05, 3.63) is 56.6 Å². The minimum absolute atomic E-state index is 0.0482. The van der Waals surface area contributed by atoms with Crippen LogP contribution in [0.2, 0.25) is 0 Å². The number of hydrogen-bond acceptors (Lipinski definition) is 2. The number of rotatable bonds is 2. The van der Waals surface area contributed by atoms with Crippen LogP contribution in [0.3, 0.4) is 0 Å². The predicted octanol–water partition coefficient (Wildman–Crippen LogP) is 8.50. The van der Waals surface area contributed by atoms with Gasteiger partial charge in [0.05, 0.1) is 0 Å². The van der Waals surface area contributed by atoms with Gasteiger partial charge in [0.1, 0.15) is 11.5 Å². The maximum Gasteiger partial charge on any atom is 0.123 e. The van der Waals surface area contributed by atoms with Gasteiger partial charge in [-0.15, -0.1) is 0 Å². The van der Waals surface area contributed by atoms with Gasteiger partial charge in [0.25, 0.3) is 0 Å². The summed E-state index contributed by atoms with van der Waals surface area (Å²) in [6, 6.07) is 4.38. The molecule has 0 saturated carbocycles. The van der Waals surface area contributed by atoms with Gasteiger partial charge >= 0.3 is 0 Å². The zero-order chi connectivity index (χ0) is 25.9. The summed E-state index contributed by atoms with van der Waals surface area (Å²) in [5.74, 6) is 0.732. The molecule has 2 heteroatoms. The second-order valence-electron chi connectivity index (χ2n) is 14.0. The molecule has 2 aromatic carbocycles. The summed E-state index contributed by atoms with van der Waals surface area (Å²) < 4.78 is 0. The fourth-order valence-corrected chi connectivity index (χ4v) is 4.96. The molecule has 0 bridgehead atoms. The van der Waals surface area contributed by atoms with Gasteiger partial charge in [0, 0.05) is 17.5 Å². The average molecular weight is 453 g/mol. The van der Waals surface area contributed by atoms with Crippen LogP contribution in [-0.4, -0.2) is 10.2 Å². The SMILES string of the molecule is Cc1c(C(C)(C)C)cc(C(C)(C)C)c(O)c1Cc1c(C)c(C(C)(C)C)cc(C(C)(C)C)c1O. The Balaban J connectivity index is 2.96. The lowest BCUT2D eigenvalue weighted by Gasteiger charge is -2.32. The summed E-state index contributed by atoms with van der Waals surface area (Å²) in [5.41, 5.74) is 8.05. The topological polar surface area (TPSA) is 40.5 Å². The molecule has 0 amide bonds. The Hall–Kier alpha value is -1.96. The molecule has 0 fully saturated rings. The molecule has 184 valence electrons. The number of hydrogen-bond donors (Lipinski definition) is 2. The number of aromatic hydroxyl groups is 2. The first-order chi connectivity index (χ1) is 14.6. The van der Waals surface area contributed by atoms with Gasteiger partial charge in [-0.3, -0.25) is 0 Å². The smallest absolute Gasteiger partial charge is 0.123 e. The minimum atomic E-state index is -0.187. The van der Waals surface area contributed by atoms with Crippen LogP contribution in [0.4, 0.5) is 0 Å². The Morgan fingerprint density at radius 1 is 0.485 bits per heavy atom. The summed E-state index contributed by atoms with van der Waals surface area (Å²) >= 11 is 0. The second-order valence-corrected chi connectivity index (χ2v) is 14.0. The molecular weight excluding hydrogens is 404 g/mol. The van der Waals surface area contributed by atoms with Crippen LogP contribution in [0.15, 0.2) is 12.1 Å². The number of benzene rings is 2. The van der Waals surface area contributed by atoms with Crippen molar-refractivity contribution in [1.82, 2.24) is 0 Å². The molecule has 2 nitrogen and oxygen atoms in total. The molecule has 0 aliphatic carbocycles. The number of phenolic OH excluding ortho intramolecular Hbond substituents is 2. The molecule has 0 heterocycles. The Morgan fingerprint density at radius 2 is 0.727 bits per heavy atom. The molecule has 0 aliphatic heterocycles. The van der Waals surface area contributed by atoms with Crippen molar-refractivity contribution in [3.63, 3.8) is 0 Å². The standard InChI is InChI=1S/C31H48O2/c1-18-20(26(32)24(30(9,10)11)16-22(18)28(3,4)5)15-21-19(2)23(29(6,7)8)17-25(27(21)33)31(12,13)14/h16-17,32-33H,15H2,1-14H3. The van der Waals surface area contributed by atoms with Crippen LogP contribution in [0, 0.1) is 13.8 Å². The molecule has 2 rings (SSSR count). The van der Waals surface area contributed by atoms with Crippen LogP contribution in [0.5, 0.6) is 11.5 Å². The molecule has 0 saturated heterocycles. The largest absolute Gasteiger partial charge is 0.507 e. The maximum absolute atomic E-state index is 11.5. The van der Waals surface area contributed by atoms with Crippen LogP contribution in [0.1, 0.15) is 128 Å². The normalized spacial score (nSPS) is 13.5. The van der Waals surface area contributed by atoms with Crippen molar-refractivity contribution in [1.29, 1.82) is 0 Å². The molecule has 2 aromatic rings. The highest BCUT2D eigenvalue weighted by Crippen LogP contribution is 2.45. The quantitative estimate of drug-likeness (QED) is 0.479. The highest BCUT2D eigenvalue weighted by molar-refractivity contribution is 5.60. The maximum atomic E-state index is 11.5. The van der Waals surface area contributed by atoms with E-state index in [1.807, 2.05) is 0 Å². The predicted molar refractivity (Wildman–Crippen MR) is 143 cm³/mol. The van der Waals surface area contributed by atoms with Gasteiger partial charge in [0.2, 0.25) is 0 Å². The highest BCUT2D eigenvalue weighted by atomic mass is 16.3. The van der Waals surface area contributed by atoms with Gasteiger partial charge in [-0.1, -0.05) is 95.2 Å². The molecule has 2 N–H and O–H groups in total. The van der Waals surface area contributed by atoms with Crippen LogP contribution in [-0.2, 0) is 28.1 Å². The Bertz CT molecular complexity index is 881. The van der Waals surface area contributed by atoms with E-state index in [0.29, 0.717) is 17.9 Å². The van der Waals surface area contributed by atoms with Crippen molar-refractivity contribution in [2.24, 2.45) is 0 Å². The van der Waals surface area contributed by atoms with E-state index < -0.39 is 0 Å². The average Bonchev–Trinajstić information content (AvgIpc) is 2.56. The molecule has 0 radical (unpaired) electrons. The van der Waals surface area contributed by atoms with Crippen molar-refractivity contribution in [2.45, 2.75) is 125 Å². The molecular formula is C31H48O2. The van der Waals surface area contributed by atoms with E-state index in [0.717, 1.165) is 33.4 Å². The summed E-state index contributed by atoms with van der Waals surface area (Å²) in [6.45, 7) is 30.5. The van der Waals surface area contributed by atoms with E-state index in [1.165, 1.54) is 11.1 Å². The molecule has 0 unspecified atom stereocenters. The fraction of sp³-hybridized carbons (Fsp3) is 0.613. The highest BCUT2D eigenvalue weighted by Gasteiger charge is 2.31. The Morgan fingerprint density at radius 3 is 0.939 bits per heavy atom. The first-order valence-electron chi connectivity index (χ1n) is 12.3. The first kappa shape index (κ1) is 27.3. The van der Waals surface area contributed by atoms with Crippen molar-refractivity contribution in [3.8, 4) is 11.5 Å². The molecule has 0 aliphatic rings. The minimum Gasteiger partial charge on any atom is -0.507 e. The third-order valence-electron chi connectivity index (χ3n) is 6.96. The monoisotopic (exact) mass is 452 g/mol. The van der Waals surface area contributed by atoms with Crippen molar-refractivity contribution < 1.29 is 10.2 Å². The van der Waals surface area contributed by atoms with E-state index in [4.69, 9.17) is 0 Å². The second kappa shape index (κ2) is 8.36. The van der Waals surface area contributed by atoms with Gasteiger partial charge in [-0.2, -0.15) is 0 Å². The van der Waals surface area contributed by atoms with Crippen molar-refractivity contribution in [2.75, 3.05) is 0 Å². The Kier molecular flexibility index (Phi) is 6.91. The molecule has 33 heavy (non-hydrogen) atoms. The summed E-state index contributed by atoms with van der Waals surface area (Å²) in [5, 5.41) is 23.0. The van der Waals surface area contributed by atoms with Crippen molar-refractivity contribution >= 4 is 0 Å². The molecule has 0 aromatic heterocycles. The van der Waals surface area contributed by atoms with Gasteiger partial charge in [-0.25, -0.2) is 0 Å². The van der Waals surface area contributed by atoms with Crippen LogP contribution in [0.25, 0.3) is 0 Å². The lowest BCUT2D eigenvalue weighted by molar-refractivity contribution is 0.432. The summed E-state index contributed by atoms with van der Waals surface area (Å²) in [6.07, 6.45) is 0.509. The van der Waals surface area contributed by atoms with E-state index in [1.54, 1.807) is 0 Å². The van der Waals surface area contributed by atoms with E-state index in [2.05, 4.69) is 109 Å². The van der Waals surface area contributed by atoms with E-state index in [9.17, 15) is 10.2 Å². The number of phenols is 2. The zero-order valence-electron chi connectivity index (χ0n) is 23.8. The fourth-order valence-electron chi connectivity index (χ4n) is 4.96. The van der Waals surface area contributed by atoms with E-state index in [-0.39, 0.29) is 21.7 Å². The van der Waals surface area contributed by atoms with Crippen LogP contribution < -0.4 is 0 Å². The van der Waals surface area contributed by atoms with Gasteiger partial charge in [0.15, 0.2) is 0 Å². The molecule has 0 spiro atoms. The van der Waals surface area contributed by atoms with Crippen LogP contribution >= 0.6 is 0 Å². The lowest BCUT2D eigenvalue weighted by atomic mass is 9.73. The van der Waals surface area contributed by atoms with Gasteiger partial charge < -0.3 is 10.2 Å². The Labute approximate surface area is 203 Å². The molecule has 0 atom stereocenters. The zero-order valence-corrected chi connectivity index (χ0v) is 23.8. The van der Waals surface area contributed by atoms with Gasteiger partial charge in [-0.05, 0) is 68.9 Å². The summed E-state index contributed by atoms with van der Waals surface area (Å²) in [7, 11) is 0. The lowest BCUT2D eigenvalue weighted by Crippen LogP contribution is -2.21.